The van der Waals surface area contributed by atoms with E-state index in [-0.39, 0.29) is 11.3 Å². The summed E-state index contributed by atoms with van der Waals surface area (Å²) >= 11 is 0. The van der Waals surface area contributed by atoms with Gasteiger partial charge in [0, 0.05) is 6.54 Å². The third-order valence-electron chi connectivity index (χ3n) is 4.38. The van der Waals surface area contributed by atoms with E-state index in [1.54, 1.807) is 11.8 Å². The molecule has 1 heterocycles. The Morgan fingerprint density at radius 3 is 2.26 bits per heavy atom. The number of carbonyl (C=O) groups excluding carboxylic acids is 2. The Kier molecular flexibility index (Phi) is 5.80. The molecule has 3 unspecified atom stereocenters. The number of carboxylic acid groups (broad SMARTS) is 1. The summed E-state index contributed by atoms with van der Waals surface area (Å²) in [6.07, 6.45) is -0.547. The van der Waals surface area contributed by atoms with Crippen LogP contribution in [0, 0.1) is 17.3 Å². The Bertz CT molecular complexity index is 499. The molecule has 1 saturated heterocycles. The summed E-state index contributed by atoms with van der Waals surface area (Å²) in [5, 5.41) is 8.94. The minimum atomic E-state index is -1.58. The molecule has 1 aliphatic rings. The lowest BCUT2D eigenvalue weighted by Gasteiger charge is -2.63. The van der Waals surface area contributed by atoms with Gasteiger partial charge >= 0.3 is 5.97 Å². The van der Waals surface area contributed by atoms with Gasteiger partial charge < -0.3 is 14.4 Å². The van der Waals surface area contributed by atoms with E-state index < -0.39 is 44.8 Å². The van der Waals surface area contributed by atoms with Crippen LogP contribution in [-0.2, 0) is 18.8 Å². The second-order valence-corrected chi connectivity index (χ2v) is 9.89. The predicted molar refractivity (Wildman–Crippen MR) is 89.4 cm³/mol. The van der Waals surface area contributed by atoms with E-state index in [2.05, 4.69) is 0 Å². The topological polar surface area (TPSA) is 83.9 Å². The summed E-state index contributed by atoms with van der Waals surface area (Å²) in [6.45, 7) is 13.8. The average Bonchev–Trinajstić information content (AvgIpc) is 2.33. The first-order valence-electron chi connectivity index (χ1n) is 8.13. The van der Waals surface area contributed by atoms with E-state index in [1.165, 1.54) is 0 Å². The number of β-lactam (4-membered cyclic amide) rings is 1. The van der Waals surface area contributed by atoms with E-state index in [0.29, 0.717) is 6.54 Å². The number of carboxylic acids is 1. The predicted octanol–water partition coefficient (Wildman–Crippen LogP) is 1.89. The zero-order chi connectivity index (χ0) is 18.2. The molecule has 23 heavy (non-hydrogen) atoms. The highest BCUT2D eigenvalue weighted by atomic mass is 28.3. The van der Waals surface area contributed by atoms with Gasteiger partial charge in [-0.05, 0) is 25.4 Å². The van der Waals surface area contributed by atoms with Gasteiger partial charge in [0.2, 0.25) is 5.91 Å². The minimum Gasteiger partial charge on any atom is -0.481 e. The van der Waals surface area contributed by atoms with Gasteiger partial charge in [-0.2, -0.15) is 0 Å². The van der Waals surface area contributed by atoms with E-state index in [9.17, 15) is 14.4 Å². The Hall–Kier alpha value is -1.21. The molecule has 0 radical (unpaired) electrons. The smallest absolute Gasteiger partial charge is 0.310 e. The fraction of sp³-hybridized carbons (Fsp3) is 0.812. The molecular formula is C16H29NO5Si. The number of amides is 1. The number of hydrogen-bond acceptors (Lipinski definition) is 4. The van der Waals surface area contributed by atoms with Crippen LogP contribution in [0.25, 0.3) is 0 Å². The normalized spacial score (nSPS) is 26.2. The van der Waals surface area contributed by atoms with E-state index in [1.807, 2.05) is 40.8 Å². The van der Waals surface area contributed by atoms with E-state index >= 15 is 0 Å². The summed E-state index contributed by atoms with van der Waals surface area (Å²) in [5.41, 5.74) is -1.39. The highest BCUT2D eigenvalue weighted by molar-refractivity contribution is 6.48. The van der Waals surface area contributed by atoms with Crippen molar-refractivity contribution >= 4 is 26.7 Å². The van der Waals surface area contributed by atoms with Crippen LogP contribution in [0.4, 0.5) is 0 Å². The van der Waals surface area contributed by atoms with Crippen molar-refractivity contribution in [3.8, 4) is 0 Å². The van der Waals surface area contributed by atoms with Gasteiger partial charge in [0.05, 0.1) is 11.8 Å². The molecule has 0 aromatic carbocycles. The number of likely N-dealkylation sites (tertiary alicyclic amines) is 1. The number of carbonyl (C=O) groups is 3. The number of aliphatic carboxylic acids is 1. The lowest BCUT2D eigenvalue weighted by atomic mass is 9.62. The van der Waals surface area contributed by atoms with Crippen LogP contribution in [0.1, 0.15) is 41.0 Å². The minimum absolute atomic E-state index is 0.0235. The van der Waals surface area contributed by atoms with Crippen LogP contribution in [0.15, 0.2) is 0 Å². The van der Waals surface area contributed by atoms with Crippen LogP contribution >= 0.6 is 0 Å². The molecule has 1 rings (SSSR count). The largest absolute Gasteiger partial charge is 0.481 e. The van der Waals surface area contributed by atoms with Crippen molar-refractivity contribution in [1.82, 2.24) is 4.90 Å². The van der Waals surface area contributed by atoms with Crippen LogP contribution in [0.3, 0.4) is 0 Å². The first-order valence-corrected chi connectivity index (χ1v) is 10.9. The maximum atomic E-state index is 12.6. The summed E-state index contributed by atoms with van der Waals surface area (Å²) < 4.78 is 6.28. The van der Waals surface area contributed by atoms with Crippen molar-refractivity contribution in [2.75, 3.05) is 6.54 Å². The number of rotatable bonds is 7. The lowest BCUT2D eigenvalue weighted by Crippen LogP contribution is -2.79. The Morgan fingerprint density at radius 2 is 1.91 bits per heavy atom. The highest BCUT2D eigenvalue weighted by Gasteiger charge is 2.67. The van der Waals surface area contributed by atoms with Crippen LogP contribution in [0.5, 0.6) is 0 Å². The van der Waals surface area contributed by atoms with Gasteiger partial charge in [-0.15, -0.1) is 0 Å². The second kappa shape index (κ2) is 6.73. The summed E-state index contributed by atoms with van der Waals surface area (Å²) in [5.74, 6) is -2.69. The van der Waals surface area contributed by atoms with E-state index in [0.717, 1.165) is 0 Å². The fourth-order valence-electron chi connectivity index (χ4n) is 3.62. The molecule has 3 atom stereocenters. The number of hydrogen-bond donors (Lipinski definition) is 1. The van der Waals surface area contributed by atoms with Crippen LogP contribution < -0.4 is 0 Å². The molecule has 0 aromatic rings. The molecule has 0 aromatic heterocycles. The number of nitrogens with zero attached hydrogens (tertiary/aromatic N) is 1. The monoisotopic (exact) mass is 343 g/mol. The van der Waals surface area contributed by atoms with Gasteiger partial charge in [0.1, 0.15) is 6.42 Å². The Labute approximate surface area is 139 Å². The van der Waals surface area contributed by atoms with Crippen molar-refractivity contribution in [2.45, 2.75) is 59.9 Å². The molecule has 7 heteroatoms. The maximum absolute atomic E-state index is 12.6. The van der Waals surface area contributed by atoms with Gasteiger partial charge in [-0.25, -0.2) is 0 Å². The maximum Gasteiger partial charge on any atom is 0.310 e. The SMILES string of the molecule is CCN1C(=O)C(C(C)(C)C)C1(O[SiH](C)C)C(C)C(=O)CC(=O)O. The third kappa shape index (κ3) is 3.50. The van der Waals surface area contributed by atoms with Gasteiger partial charge in [-0.1, -0.05) is 27.7 Å². The first-order chi connectivity index (χ1) is 10.4. The molecule has 1 N–H and O–H groups in total. The van der Waals surface area contributed by atoms with E-state index in [4.69, 9.17) is 9.53 Å². The second-order valence-electron chi connectivity index (χ2n) is 7.56. The molecule has 6 nitrogen and oxygen atoms in total. The van der Waals surface area contributed by atoms with Crippen molar-refractivity contribution in [2.24, 2.45) is 17.3 Å². The fourth-order valence-corrected chi connectivity index (χ4v) is 4.84. The average molecular weight is 343 g/mol. The van der Waals surface area contributed by atoms with Crippen molar-refractivity contribution in [1.29, 1.82) is 0 Å². The number of Topliss-reactive ketones (excluding diaryl/α,β-unsaturated/α-hetero) is 1. The molecule has 0 saturated carbocycles. The van der Waals surface area contributed by atoms with Gasteiger partial charge in [0.15, 0.2) is 20.5 Å². The van der Waals surface area contributed by atoms with Gasteiger partial charge in [-0.3, -0.25) is 14.4 Å². The van der Waals surface area contributed by atoms with Crippen molar-refractivity contribution < 1.29 is 23.9 Å². The Morgan fingerprint density at radius 1 is 1.39 bits per heavy atom. The zero-order valence-corrected chi connectivity index (χ0v) is 16.3. The molecule has 1 aliphatic heterocycles. The third-order valence-corrected chi connectivity index (χ3v) is 5.23. The molecule has 0 bridgehead atoms. The Balaban J connectivity index is 3.35. The molecule has 1 amide bonds. The standard InChI is InChI=1S/C16H29NO5Si/c1-8-17-14(21)13(15(3,4)5)16(17,22-23(6)7)10(2)11(18)9-12(19)20/h10,13,23H,8-9H2,1-7H3,(H,19,20). The quantitative estimate of drug-likeness (QED) is 0.433. The highest BCUT2D eigenvalue weighted by Crippen LogP contribution is 2.53. The van der Waals surface area contributed by atoms with Crippen molar-refractivity contribution in [3.05, 3.63) is 0 Å². The molecular weight excluding hydrogens is 314 g/mol. The molecule has 1 fully saturated rings. The number of ketones is 1. The lowest BCUT2D eigenvalue weighted by molar-refractivity contribution is -0.247. The molecule has 0 aliphatic carbocycles. The van der Waals surface area contributed by atoms with Crippen molar-refractivity contribution in [3.63, 3.8) is 0 Å². The van der Waals surface area contributed by atoms with Gasteiger partial charge in [0.25, 0.3) is 0 Å². The summed E-state index contributed by atoms with van der Waals surface area (Å²) in [7, 11) is -1.58. The molecule has 0 spiro atoms. The van der Waals surface area contributed by atoms with Crippen LogP contribution in [-0.4, -0.2) is 49.0 Å². The van der Waals surface area contributed by atoms with Crippen LogP contribution in [0.2, 0.25) is 13.1 Å². The molecule has 132 valence electrons. The summed E-state index contributed by atoms with van der Waals surface area (Å²) in [4.78, 5) is 37.6. The summed E-state index contributed by atoms with van der Waals surface area (Å²) in [6, 6.07) is 0. The zero-order valence-electron chi connectivity index (χ0n) is 15.2. The first kappa shape index (κ1) is 19.8.